The van der Waals surface area contributed by atoms with Crippen LogP contribution in [-0.4, -0.2) is 18.4 Å². The summed E-state index contributed by atoms with van der Waals surface area (Å²) in [5.41, 5.74) is 1.76. The minimum Gasteiger partial charge on any atom is -0.324 e. The Bertz CT molecular complexity index is 594. The molecule has 1 aliphatic heterocycles. The average Bonchev–Trinajstić information content (AvgIpc) is 2.52. The molecular weight excluding hydrogens is 305 g/mol. The molecule has 1 aliphatic carbocycles. The second kappa shape index (κ2) is 6.51. The second-order valence-electron chi connectivity index (χ2n) is 6.54. The molecule has 0 radical (unpaired) electrons. The third-order valence-electron chi connectivity index (χ3n) is 4.79. The van der Waals surface area contributed by atoms with Crippen molar-refractivity contribution in [1.82, 2.24) is 5.32 Å². The van der Waals surface area contributed by atoms with Crippen LogP contribution in [0, 0.1) is 11.7 Å². The smallest absolute Gasteiger partial charge is 0.248 e. The van der Waals surface area contributed by atoms with Crippen molar-refractivity contribution >= 4 is 11.6 Å². The van der Waals surface area contributed by atoms with Crippen LogP contribution in [0.3, 0.4) is 0 Å². The zero-order valence-corrected chi connectivity index (χ0v) is 12.9. The van der Waals surface area contributed by atoms with Gasteiger partial charge in [-0.1, -0.05) is 6.07 Å². The van der Waals surface area contributed by atoms with E-state index in [1.165, 1.54) is 0 Å². The molecule has 1 amide bonds. The maximum atomic E-state index is 14.5. The van der Waals surface area contributed by atoms with E-state index in [9.17, 15) is 18.0 Å². The van der Waals surface area contributed by atoms with Gasteiger partial charge in [0.05, 0.1) is 5.69 Å². The lowest BCUT2D eigenvalue weighted by atomic mass is 9.84. The molecule has 1 fully saturated rings. The summed E-state index contributed by atoms with van der Waals surface area (Å²) in [6.45, 7) is 1.36. The van der Waals surface area contributed by atoms with E-state index in [0.29, 0.717) is 31.4 Å². The Morgan fingerprint density at radius 1 is 1.30 bits per heavy atom. The van der Waals surface area contributed by atoms with Crippen LogP contribution in [0.4, 0.5) is 18.9 Å². The van der Waals surface area contributed by atoms with Crippen LogP contribution < -0.4 is 10.6 Å². The molecule has 0 aromatic heterocycles. The summed E-state index contributed by atoms with van der Waals surface area (Å²) in [4.78, 5) is 12.1. The van der Waals surface area contributed by atoms with Gasteiger partial charge in [-0.2, -0.15) is 0 Å². The molecule has 1 heterocycles. The lowest BCUT2D eigenvalue weighted by Crippen LogP contribution is -2.28. The van der Waals surface area contributed by atoms with Gasteiger partial charge >= 0.3 is 0 Å². The number of amides is 1. The van der Waals surface area contributed by atoms with Gasteiger partial charge in [-0.25, -0.2) is 13.2 Å². The number of alkyl halides is 2. The monoisotopic (exact) mass is 326 g/mol. The van der Waals surface area contributed by atoms with Crippen molar-refractivity contribution in [3.05, 3.63) is 29.1 Å². The lowest BCUT2D eigenvalue weighted by molar-refractivity contribution is -0.118. The van der Waals surface area contributed by atoms with Crippen molar-refractivity contribution in [3.63, 3.8) is 0 Å². The zero-order chi connectivity index (χ0) is 16.4. The van der Waals surface area contributed by atoms with E-state index in [4.69, 9.17) is 0 Å². The summed E-state index contributed by atoms with van der Waals surface area (Å²) >= 11 is 0. The van der Waals surface area contributed by atoms with Crippen molar-refractivity contribution in [3.8, 4) is 0 Å². The number of rotatable bonds is 3. The number of fused-ring (bicyclic) bond motifs is 1. The van der Waals surface area contributed by atoms with E-state index in [0.717, 1.165) is 12.1 Å². The van der Waals surface area contributed by atoms with Crippen LogP contribution in [0.1, 0.15) is 43.2 Å². The highest BCUT2D eigenvalue weighted by Crippen LogP contribution is 2.37. The average molecular weight is 326 g/mol. The molecule has 1 saturated carbocycles. The van der Waals surface area contributed by atoms with E-state index in [1.54, 1.807) is 6.07 Å². The molecular formula is C17H21F3N2O. The van der Waals surface area contributed by atoms with Gasteiger partial charge in [0.1, 0.15) is 5.82 Å². The fourth-order valence-corrected chi connectivity index (χ4v) is 3.40. The molecule has 126 valence electrons. The van der Waals surface area contributed by atoms with Crippen LogP contribution in [0.25, 0.3) is 0 Å². The van der Waals surface area contributed by atoms with Crippen molar-refractivity contribution in [2.45, 2.75) is 51.0 Å². The molecule has 1 aromatic carbocycles. The number of hydrogen-bond donors (Lipinski definition) is 2. The van der Waals surface area contributed by atoms with Crippen LogP contribution >= 0.6 is 0 Å². The highest BCUT2D eigenvalue weighted by atomic mass is 19.3. The van der Waals surface area contributed by atoms with Crippen LogP contribution in [0.2, 0.25) is 0 Å². The van der Waals surface area contributed by atoms with Gasteiger partial charge in [0.15, 0.2) is 0 Å². The first-order valence-corrected chi connectivity index (χ1v) is 8.13. The van der Waals surface area contributed by atoms with Gasteiger partial charge < -0.3 is 10.6 Å². The SMILES string of the molecule is O=C(CC1CCC(F)(F)CC1)Nc1ccc2c(c1F)CCNC2. The van der Waals surface area contributed by atoms with Crippen molar-refractivity contribution in [1.29, 1.82) is 0 Å². The molecule has 3 rings (SSSR count). The molecule has 0 saturated heterocycles. The minimum atomic E-state index is -2.59. The fourth-order valence-electron chi connectivity index (χ4n) is 3.40. The van der Waals surface area contributed by atoms with Crippen LogP contribution in [-0.2, 0) is 17.8 Å². The van der Waals surface area contributed by atoms with E-state index >= 15 is 0 Å². The largest absolute Gasteiger partial charge is 0.324 e. The van der Waals surface area contributed by atoms with Crippen LogP contribution in [0.5, 0.6) is 0 Å². The topological polar surface area (TPSA) is 41.1 Å². The van der Waals surface area contributed by atoms with Gasteiger partial charge in [-0.05, 0) is 48.9 Å². The maximum Gasteiger partial charge on any atom is 0.248 e. The minimum absolute atomic E-state index is 0.0421. The van der Waals surface area contributed by atoms with E-state index < -0.39 is 5.92 Å². The molecule has 0 atom stereocenters. The molecule has 2 N–H and O–H groups in total. The Labute approximate surface area is 133 Å². The predicted molar refractivity (Wildman–Crippen MR) is 82.0 cm³/mol. The van der Waals surface area contributed by atoms with Gasteiger partial charge in [0.25, 0.3) is 0 Å². The normalized spacial score (nSPS) is 20.8. The van der Waals surface area contributed by atoms with E-state index in [1.807, 2.05) is 6.07 Å². The summed E-state index contributed by atoms with van der Waals surface area (Å²) in [6.07, 6.45) is 1.14. The molecule has 0 bridgehead atoms. The Morgan fingerprint density at radius 3 is 2.78 bits per heavy atom. The number of carbonyl (C=O) groups excluding carboxylic acids is 1. The van der Waals surface area contributed by atoms with Crippen molar-refractivity contribution < 1.29 is 18.0 Å². The number of hydrogen-bond acceptors (Lipinski definition) is 2. The number of benzene rings is 1. The molecule has 3 nitrogen and oxygen atoms in total. The summed E-state index contributed by atoms with van der Waals surface area (Å²) in [5.74, 6) is -3.30. The lowest BCUT2D eigenvalue weighted by Gasteiger charge is -2.27. The molecule has 6 heteroatoms. The fraction of sp³-hybridized carbons (Fsp3) is 0.588. The number of halogens is 3. The zero-order valence-electron chi connectivity index (χ0n) is 12.9. The Balaban J connectivity index is 1.60. The first-order chi connectivity index (χ1) is 10.9. The summed E-state index contributed by atoms with van der Waals surface area (Å²) in [7, 11) is 0. The maximum absolute atomic E-state index is 14.5. The first kappa shape index (κ1) is 16.3. The number of carbonyl (C=O) groups is 1. The Hall–Kier alpha value is -1.56. The molecule has 1 aromatic rings. The van der Waals surface area contributed by atoms with E-state index in [-0.39, 0.29) is 42.6 Å². The summed E-state index contributed by atoms with van der Waals surface area (Å²) < 4.78 is 40.7. The second-order valence-corrected chi connectivity index (χ2v) is 6.54. The molecule has 0 spiro atoms. The Morgan fingerprint density at radius 2 is 2.04 bits per heavy atom. The standard InChI is InChI=1S/C17H21F3N2O/c18-16-13-5-8-21-10-12(13)1-2-14(16)22-15(23)9-11-3-6-17(19,20)7-4-11/h1-2,11,21H,3-10H2,(H,22,23). The van der Waals surface area contributed by atoms with E-state index in [2.05, 4.69) is 10.6 Å². The first-order valence-electron chi connectivity index (χ1n) is 8.13. The summed E-state index contributed by atoms with van der Waals surface area (Å²) in [5, 5.41) is 5.78. The highest BCUT2D eigenvalue weighted by Gasteiger charge is 2.35. The van der Waals surface area contributed by atoms with Crippen LogP contribution in [0.15, 0.2) is 12.1 Å². The quantitative estimate of drug-likeness (QED) is 0.891. The Kier molecular flexibility index (Phi) is 4.62. The van der Waals surface area contributed by atoms with Crippen molar-refractivity contribution in [2.75, 3.05) is 11.9 Å². The van der Waals surface area contributed by atoms with Gasteiger partial charge in [-0.15, -0.1) is 0 Å². The molecule has 2 aliphatic rings. The molecule has 23 heavy (non-hydrogen) atoms. The third-order valence-corrected chi connectivity index (χ3v) is 4.79. The van der Waals surface area contributed by atoms with Gasteiger partial charge in [-0.3, -0.25) is 4.79 Å². The highest BCUT2D eigenvalue weighted by molar-refractivity contribution is 5.91. The molecule has 0 unspecified atom stereocenters. The predicted octanol–water partition coefficient (Wildman–Crippen LogP) is 3.63. The number of anilines is 1. The van der Waals surface area contributed by atoms with Gasteiger partial charge in [0, 0.05) is 25.8 Å². The summed E-state index contributed by atoms with van der Waals surface area (Å²) in [6, 6.07) is 3.40. The van der Waals surface area contributed by atoms with Crippen molar-refractivity contribution in [2.24, 2.45) is 5.92 Å². The third kappa shape index (κ3) is 3.86. The number of nitrogens with one attached hydrogen (secondary N) is 2. The van der Waals surface area contributed by atoms with Gasteiger partial charge in [0.2, 0.25) is 11.8 Å².